The van der Waals surface area contributed by atoms with E-state index in [1.807, 2.05) is 6.08 Å². The van der Waals surface area contributed by atoms with E-state index in [4.69, 9.17) is 8.85 Å². The number of hydrogen-bond donors (Lipinski definition) is 1. The molecule has 0 aromatic heterocycles. The summed E-state index contributed by atoms with van der Waals surface area (Å²) in [5.74, 6) is 0.364. The lowest BCUT2D eigenvalue weighted by Gasteiger charge is -2.39. The Morgan fingerprint density at radius 2 is 1.21 bits per heavy atom. The third kappa shape index (κ3) is 5.27. The zero-order valence-electron chi connectivity index (χ0n) is 17.6. The second-order valence-corrected chi connectivity index (χ2v) is 20.0. The molecule has 0 saturated heterocycles. The molecule has 0 amide bonds. The molecule has 5 heteroatoms. The minimum absolute atomic E-state index is 0.115. The van der Waals surface area contributed by atoms with Crippen molar-refractivity contribution in [2.75, 3.05) is 13.2 Å². The standard InChI is InChI=1S/C19H40O3Si2/c1-18(2,3)23(7,8)21-13-15-11-12-17(20)16(15)14-22-24(9,10)19(4,5)6/h11-12,15-17,20H,13-14H2,1-10H3/t15-,16-,17?/m0/s1. The average Bonchev–Trinajstić information content (AvgIpc) is 2.72. The van der Waals surface area contributed by atoms with Crippen LogP contribution >= 0.6 is 0 Å². The summed E-state index contributed by atoms with van der Waals surface area (Å²) in [7, 11) is -3.55. The quantitative estimate of drug-likeness (QED) is 0.515. The van der Waals surface area contributed by atoms with Gasteiger partial charge in [-0.15, -0.1) is 0 Å². The van der Waals surface area contributed by atoms with Gasteiger partial charge in [0.15, 0.2) is 16.6 Å². The van der Waals surface area contributed by atoms with Gasteiger partial charge >= 0.3 is 0 Å². The minimum Gasteiger partial charge on any atom is -0.416 e. The maximum Gasteiger partial charge on any atom is 0.192 e. The van der Waals surface area contributed by atoms with Crippen LogP contribution in [-0.4, -0.2) is 41.1 Å². The van der Waals surface area contributed by atoms with Crippen LogP contribution in [0.15, 0.2) is 12.2 Å². The molecule has 3 nitrogen and oxygen atoms in total. The second-order valence-electron chi connectivity index (χ2n) is 10.3. The van der Waals surface area contributed by atoms with E-state index in [1.54, 1.807) is 0 Å². The first kappa shape index (κ1) is 22.1. The topological polar surface area (TPSA) is 38.7 Å². The van der Waals surface area contributed by atoms with Crippen molar-refractivity contribution in [3.63, 3.8) is 0 Å². The van der Waals surface area contributed by atoms with Crippen LogP contribution in [0.2, 0.25) is 36.3 Å². The number of rotatable bonds is 6. The molecule has 1 N–H and O–H groups in total. The van der Waals surface area contributed by atoms with Crippen LogP contribution in [-0.2, 0) is 8.85 Å². The van der Waals surface area contributed by atoms with Crippen molar-refractivity contribution < 1.29 is 14.0 Å². The van der Waals surface area contributed by atoms with Gasteiger partial charge in [0.05, 0.1) is 6.10 Å². The maximum atomic E-state index is 10.4. The first-order valence-corrected chi connectivity index (χ1v) is 15.0. The zero-order chi connectivity index (χ0) is 19.0. The van der Waals surface area contributed by atoms with E-state index >= 15 is 0 Å². The lowest BCUT2D eigenvalue weighted by atomic mass is 9.96. The maximum absolute atomic E-state index is 10.4. The van der Waals surface area contributed by atoms with Crippen LogP contribution < -0.4 is 0 Å². The van der Waals surface area contributed by atoms with E-state index in [0.717, 1.165) is 0 Å². The summed E-state index contributed by atoms with van der Waals surface area (Å²) < 4.78 is 12.8. The highest BCUT2D eigenvalue weighted by molar-refractivity contribution is 6.74. The highest BCUT2D eigenvalue weighted by atomic mass is 28.4. The third-order valence-corrected chi connectivity index (χ3v) is 15.4. The molecule has 3 atom stereocenters. The molecule has 0 fully saturated rings. The minimum atomic E-state index is -1.79. The highest BCUT2D eigenvalue weighted by Crippen LogP contribution is 2.40. The van der Waals surface area contributed by atoms with E-state index in [9.17, 15) is 5.11 Å². The van der Waals surface area contributed by atoms with Crippen LogP contribution in [0.4, 0.5) is 0 Å². The molecule has 1 aliphatic rings. The van der Waals surface area contributed by atoms with Crippen LogP contribution in [0.3, 0.4) is 0 Å². The molecule has 0 aliphatic heterocycles. The Morgan fingerprint density at radius 3 is 1.62 bits per heavy atom. The van der Waals surface area contributed by atoms with Gasteiger partial charge < -0.3 is 14.0 Å². The van der Waals surface area contributed by atoms with Gasteiger partial charge in [-0.05, 0) is 36.3 Å². The number of aliphatic hydroxyl groups is 1. The molecular formula is C19H40O3Si2. The average molecular weight is 373 g/mol. The summed E-state index contributed by atoms with van der Waals surface area (Å²) in [6.07, 6.45) is 3.62. The van der Waals surface area contributed by atoms with Gasteiger partial charge in [0, 0.05) is 25.0 Å². The smallest absolute Gasteiger partial charge is 0.192 e. The van der Waals surface area contributed by atoms with Crippen molar-refractivity contribution in [3.8, 4) is 0 Å². The largest absolute Gasteiger partial charge is 0.416 e. The van der Waals surface area contributed by atoms with E-state index in [1.165, 1.54) is 0 Å². The lowest BCUT2D eigenvalue weighted by Crippen LogP contribution is -2.45. The van der Waals surface area contributed by atoms with Crippen molar-refractivity contribution in [3.05, 3.63) is 12.2 Å². The SMILES string of the molecule is CC(C)(C)[Si](C)(C)OC[C@@H]1C(O)C=C[C@H]1CO[Si](C)(C)C(C)(C)C. The fraction of sp³-hybridized carbons (Fsp3) is 0.895. The Morgan fingerprint density at radius 1 is 0.792 bits per heavy atom. The molecule has 1 unspecified atom stereocenters. The summed E-state index contributed by atoms with van der Waals surface area (Å²) in [5.41, 5.74) is 0. The summed E-state index contributed by atoms with van der Waals surface area (Å²) in [4.78, 5) is 0. The van der Waals surface area contributed by atoms with Gasteiger partial charge in [-0.1, -0.05) is 53.7 Å². The summed E-state index contributed by atoms with van der Waals surface area (Å²) in [5, 5.41) is 10.8. The molecule has 0 saturated carbocycles. The molecule has 0 aromatic carbocycles. The van der Waals surface area contributed by atoms with Gasteiger partial charge in [-0.3, -0.25) is 0 Å². The van der Waals surface area contributed by atoms with Gasteiger partial charge in [0.2, 0.25) is 0 Å². The van der Waals surface area contributed by atoms with Crippen LogP contribution in [0.25, 0.3) is 0 Å². The molecule has 142 valence electrons. The fourth-order valence-corrected chi connectivity index (χ4v) is 4.32. The molecule has 0 heterocycles. The van der Waals surface area contributed by atoms with Crippen LogP contribution in [0.5, 0.6) is 0 Å². The van der Waals surface area contributed by atoms with Crippen molar-refractivity contribution in [2.45, 2.75) is 83.9 Å². The van der Waals surface area contributed by atoms with Gasteiger partial charge in [0.1, 0.15) is 0 Å². The highest BCUT2D eigenvalue weighted by Gasteiger charge is 2.41. The first-order chi connectivity index (χ1) is 10.6. The molecule has 24 heavy (non-hydrogen) atoms. The van der Waals surface area contributed by atoms with Crippen molar-refractivity contribution in [2.24, 2.45) is 11.8 Å². The van der Waals surface area contributed by atoms with E-state index in [0.29, 0.717) is 13.2 Å². The Kier molecular flexibility index (Phi) is 6.77. The van der Waals surface area contributed by atoms with Crippen molar-refractivity contribution in [1.82, 2.24) is 0 Å². The molecule has 0 bridgehead atoms. The van der Waals surface area contributed by atoms with Crippen LogP contribution in [0, 0.1) is 11.8 Å². The predicted octanol–water partition coefficient (Wildman–Crippen LogP) is 5.19. The van der Waals surface area contributed by atoms with Crippen molar-refractivity contribution in [1.29, 1.82) is 0 Å². The Labute approximate surface area is 152 Å². The molecule has 0 spiro atoms. The zero-order valence-corrected chi connectivity index (χ0v) is 19.6. The normalized spacial score (nSPS) is 26.2. The number of aliphatic hydroxyl groups excluding tert-OH is 1. The molecular weight excluding hydrogens is 332 g/mol. The summed E-state index contributed by atoms with van der Waals surface area (Å²) >= 11 is 0. The lowest BCUT2D eigenvalue weighted by molar-refractivity contribution is 0.0739. The van der Waals surface area contributed by atoms with E-state index < -0.39 is 22.7 Å². The Hall–Kier alpha value is 0.0538. The van der Waals surface area contributed by atoms with E-state index in [2.05, 4.69) is 73.8 Å². The first-order valence-electron chi connectivity index (χ1n) is 9.23. The van der Waals surface area contributed by atoms with Gasteiger partial charge in [0.25, 0.3) is 0 Å². The number of hydrogen-bond acceptors (Lipinski definition) is 3. The Bertz CT molecular complexity index is 445. The third-order valence-electron chi connectivity index (χ3n) is 6.43. The van der Waals surface area contributed by atoms with Gasteiger partial charge in [-0.25, -0.2) is 0 Å². The Balaban J connectivity index is 2.68. The molecule has 1 rings (SSSR count). The molecule has 0 radical (unpaired) electrons. The van der Waals surface area contributed by atoms with E-state index in [-0.39, 0.29) is 21.9 Å². The molecule has 0 aromatic rings. The molecule has 1 aliphatic carbocycles. The summed E-state index contributed by atoms with van der Waals surface area (Å²) in [6, 6.07) is 0. The van der Waals surface area contributed by atoms with Gasteiger partial charge in [-0.2, -0.15) is 0 Å². The van der Waals surface area contributed by atoms with Crippen molar-refractivity contribution >= 4 is 16.6 Å². The monoisotopic (exact) mass is 372 g/mol. The summed E-state index contributed by atoms with van der Waals surface area (Å²) in [6.45, 7) is 23.9. The predicted molar refractivity (Wildman–Crippen MR) is 108 cm³/mol. The van der Waals surface area contributed by atoms with Crippen LogP contribution in [0.1, 0.15) is 41.5 Å². The fourth-order valence-electron chi connectivity index (χ4n) is 2.24. The second kappa shape index (κ2) is 7.35.